The molecule has 0 bridgehead atoms. The molecule has 1 aliphatic heterocycles. The van der Waals surface area contributed by atoms with Gasteiger partial charge in [-0.2, -0.15) is 13.2 Å². The normalized spacial score (nSPS) is 15.1. The minimum absolute atomic E-state index is 0.286. The Bertz CT molecular complexity index is 1190. The van der Waals surface area contributed by atoms with Crippen molar-refractivity contribution in [3.05, 3.63) is 58.7 Å². The van der Waals surface area contributed by atoms with Crippen molar-refractivity contribution in [2.45, 2.75) is 24.2 Å². The number of nitrogens with zero attached hydrogens (tertiary/aromatic N) is 2. The second-order valence-corrected chi connectivity index (χ2v) is 8.60. The summed E-state index contributed by atoms with van der Waals surface area (Å²) in [6.07, 6.45) is -4.83. The van der Waals surface area contributed by atoms with Crippen molar-refractivity contribution in [3.63, 3.8) is 0 Å². The summed E-state index contributed by atoms with van der Waals surface area (Å²) in [6, 6.07) is 10.6. The van der Waals surface area contributed by atoms with E-state index in [9.17, 15) is 21.6 Å². The summed E-state index contributed by atoms with van der Waals surface area (Å²) in [7, 11) is -4.49. The number of fused-ring (bicyclic) bond motifs is 3. The SMILES string of the molecule is NS(=O)(=O)c1ccc(N2CCn3c(cc4cc(Cl)ccc43)C2)cc1C(F)(F)F. The largest absolute Gasteiger partial charge is 0.417 e. The van der Waals surface area contributed by atoms with Crippen LogP contribution in [0, 0.1) is 0 Å². The molecule has 148 valence electrons. The van der Waals surface area contributed by atoms with E-state index in [0.29, 0.717) is 24.7 Å². The minimum atomic E-state index is -4.83. The van der Waals surface area contributed by atoms with Crippen molar-refractivity contribution in [3.8, 4) is 0 Å². The molecule has 0 aliphatic carbocycles. The predicted octanol–water partition coefficient (Wildman–Crippen LogP) is 3.98. The van der Waals surface area contributed by atoms with E-state index in [1.807, 2.05) is 18.2 Å². The minimum Gasteiger partial charge on any atom is -0.364 e. The first kappa shape index (κ1) is 19.1. The molecule has 0 spiro atoms. The van der Waals surface area contributed by atoms with Gasteiger partial charge in [-0.3, -0.25) is 0 Å². The first-order chi connectivity index (χ1) is 13.0. The Morgan fingerprint density at radius 3 is 2.46 bits per heavy atom. The predicted molar refractivity (Wildman–Crippen MR) is 101 cm³/mol. The summed E-state index contributed by atoms with van der Waals surface area (Å²) >= 11 is 6.03. The molecule has 1 aromatic heterocycles. The van der Waals surface area contributed by atoms with Crippen molar-refractivity contribution in [1.29, 1.82) is 0 Å². The third kappa shape index (κ3) is 3.34. The van der Waals surface area contributed by atoms with Gasteiger partial charge in [0, 0.05) is 40.4 Å². The molecule has 4 rings (SSSR count). The van der Waals surface area contributed by atoms with Gasteiger partial charge in [0.1, 0.15) is 0 Å². The number of halogens is 4. The van der Waals surface area contributed by atoms with Crippen LogP contribution in [-0.4, -0.2) is 19.5 Å². The highest BCUT2D eigenvalue weighted by molar-refractivity contribution is 7.89. The van der Waals surface area contributed by atoms with Gasteiger partial charge in [0.25, 0.3) is 0 Å². The van der Waals surface area contributed by atoms with Crippen LogP contribution < -0.4 is 10.0 Å². The van der Waals surface area contributed by atoms with Gasteiger partial charge in [-0.15, -0.1) is 0 Å². The van der Waals surface area contributed by atoms with Gasteiger partial charge in [-0.25, -0.2) is 13.6 Å². The second kappa shape index (κ2) is 6.40. The molecule has 3 aromatic rings. The fourth-order valence-electron chi connectivity index (χ4n) is 3.59. The van der Waals surface area contributed by atoms with Crippen LogP contribution in [0.1, 0.15) is 11.3 Å². The molecule has 0 radical (unpaired) electrons. The molecule has 0 fully saturated rings. The molecule has 0 unspecified atom stereocenters. The van der Waals surface area contributed by atoms with Crippen LogP contribution in [-0.2, 0) is 29.3 Å². The van der Waals surface area contributed by atoms with Crippen molar-refractivity contribution in [2.24, 2.45) is 5.14 Å². The van der Waals surface area contributed by atoms with E-state index in [0.717, 1.165) is 28.7 Å². The lowest BCUT2D eigenvalue weighted by Crippen LogP contribution is -2.33. The Morgan fingerprint density at radius 1 is 1.04 bits per heavy atom. The molecule has 2 aromatic carbocycles. The lowest BCUT2D eigenvalue weighted by Gasteiger charge is -2.31. The molecule has 28 heavy (non-hydrogen) atoms. The molecule has 0 amide bonds. The van der Waals surface area contributed by atoms with Crippen molar-refractivity contribution in [1.82, 2.24) is 4.57 Å². The maximum Gasteiger partial charge on any atom is 0.417 e. The Labute approximate surface area is 164 Å². The monoisotopic (exact) mass is 429 g/mol. The molecule has 1 aliphatic rings. The summed E-state index contributed by atoms with van der Waals surface area (Å²) in [5.74, 6) is 0. The van der Waals surface area contributed by atoms with Gasteiger partial charge in [-0.1, -0.05) is 11.6 Å². The fraction of sp³-hybridized carbons (Fsp3) is 0.222. The van der Waals surface area contributed by atoms with Crippen LogP contribution in [0.5, 0.6) is 0 Å². The van der Waals surface area contributed by atoms with Gasteiger partial charge in [0.15, 0.2) is 0 Å². The average molecular weight is 430 g/mol. The van der Waals surface area contributed by atoms with E-state index in [-0.39, 0.29) is 5.69 Å². The molecule has 0 saturated heterocycles. The number of anilines is 1. The Hall–Kier alpha value is -2.23. The lowest BCUT2D eigenvalue weighted by molar-refractivity contribution is -0.139. The highest BCUT2D eigenvalue weighted by Crippen LogP contribution is 2.37. The molecule has 10 heteroatoms. The zero-order valence-corrected chi connectivity index (χ0v) is 15.9. The van der Waals surface area contributed by atoms with Crippen molar-refractivity contribution >= 4 is 38.2 Å². The number of primary sulfonamides is 1. The quantitative estimate of drug-likeness (QED) is 0.670. The smallest absolute Gasteiger partial charge is 0.364 e. The molecule has 0 saturated carbocycles. The van der Waals surface area contributed by atoms with Crippen LogP contribution >= 0.6 is 11.6 Å². The first-order valence-corrected chi connectivity index (χ1v) is 10.2. The number of hydrogen-bond donors (Lipinski definition) is 1. The molecule has 5 nitrogen and oxygen atoms in total. The van der Waals surface area contributed by atoms with Gasteiger partial charge in [0.2, 0.25) is 10.0 Å². The number of nitrogens with two attached hydrogens (primary N) is 1. The van der Waals surface area contributed by atoms with E-state index >= 15 is 0 Å². The molecule has 2 N–H and O–H groups in total. The summed E-state index contributed by atoms with van der Waals surface area (Å²) in [4.78, 5) is 0.849. The summed E-state index contributed by atoms with van der Waals surface area (Å²) in [6.45, 7) is 1.45. The highest BCUT2D eigenvalue weighted by Gasteiger charge is 2.37. The summed E-state index contributed by atoms with van der Waals surface area (Å²) < 4.78 is 65.3. The van der Waals surface area contributed by atoms with Crippen molar-refractivity contribution < 1.29 is 21.6 Å². The molecule has 0 atom stereocenters. The Kier molecular flexibility index (Phi) is 4.36. The third-order valence-corrected chi connectivity index (χ3v) is 6.04. The topological polar surface area (TPSA) is 68.3 Å². The molecule has 2 heterocycles. The van der Waals surface area contributed by atoms with Crippen LogP contribution in [0.15, 0.2) is 47.4 Å². The van der Waals surface area contributed by atoms with Crippen LogP contribution in [0.4, 0.5) is 18.9 Å². The number of sulfonamides is 1. The van der Waals surface area contributed by atoms with Crippen LogP contribution in [0.3, 0.4) is 0 Å². The van der Waals surface area contributed by atoms with E-state index in [2.05, 4.69) is 4.57 Å². The third-order valence-electron chi connectivity index (χ3n) is 4.84. The van der Waals surface area contributed by atoms with E-state index in [1.54, 1.807) is 11.0 Å². The Balaban J connectivity index is 1.74. The highest BCUT2D eigenvalue weighted by atomic mass is 35.5. The van der Waals surface area contributed by atoms with Gasteiger partial charge >= 0.3 is 6.18 Å². The average Bonchev–Trinajstić information content (AvgIpc) is 2.96. The van der Waals surface area contributed by atoms with Crippen molar-refractivity contribution in [2.75, 3.05) is 11.4 Å². The van der Waals surface area contributed by atoms with Crippen LogP contribution in [0.2, 0.25) is 5.02 Å². The van der Waals surface area contributed by atoms with E-state index < -0.39 is 26.7 Å². The zero-order valence-electron chi connectivity index (χ0n) is 14.4. The number of rotatable bonds is 2. The molecular formula is C18H15ClF3N3O2S. The number of aromatic nitrogens is 1. The van der Waals surface area contributed by atoms with E-state index in [1.165, 1.54) is 6.07 Å². The standard InChI is InChI=1S/C18H15ClF3N3O2S/c19-12-1-3-16-11(7-12)8-14-10-24(5-6-25(14)16)13-2-4-17(28(23,26)27)15(9-13)18(20,21)22/h1-4,7-9H,5-6,10H2,(H2,23,26,27). The summed E-state index contributed by atoms with van der Waals surface area (Å²) in [5, 5.41) is 6.52. The fourth-order valence-corrected chi connectivity index (χ4v) is 4.51. The van der Waals surface area contributed by atoms with E-state index in [4.69, 9.17) is 16.7 Å². The van der Waals surface area contributed by atoms with Gasteiger partial charge in [0.05, 0.1) is 17.0 Å². The molecular weight excluding hydrogens is 415 g/mol. The maximum atomic E-state index is 13.4. The zero-order chi connectivity index (χ0) is 20.3. The number of hydrogen-bond acceptors (Lipinski definition) is 3. The lowest BCUT2D eigenvalue weighted by atomic mass is 10.1. The Morgan fingerprint density at radius 2 is 1.79 bits per heavy atom. The summed E-state index contributed by atoms with van der Waals surface area (Å²) in [5.41, 5.74) is 0.979. The van der Waals surface area contributed by atoms with Gasteiger partial charge in [-0.05, 0) is 42.5 Å². The second-order valence-electron chi connectivity index (χ2n) is 6.64. The first-order valence-electron chi connectivity index (χ1n) is 8.31. The van der Waals surface area contributed by atoms with Gasteiger partial charge < -0.3 is 9.47 Å². The maximum absolute atomic E-state index is 13.4. The number of benzene rings is 2. The number of alkyl halides is 3. The van der Waals surface area contributed by atoms with Crippen LogP contribution in [0.25, 0.3) is 10.9 Å².